The summed E-state index contributed by atoms with van der Waals surface area (Å²) >= 11 is 0. The number of aliphatic carboxylic acids is 2. The maximum Gasteiger partial charge on any atom is 0.365 e. The molecule has 0 aliphatic carbocycles. The number of carboxylic acids is 2. The molecule has 6 nitrogen and oxygen atoms in total. The third kappa shape index (κ3) is 8.18. The van der Waals surface area contributed by atoms with Gasteiger partial charge in [-0.1, -0.05) is 71.1 Å². The first-order chi connectivity index (χ1) is 12.5. The molecule has 0 saturated carbocycles. The zero-order valence-corrected chi connectivity index (χ0v) is 18.5. The summed E-state index contributed by atoms with van der Waals surface area (Å²) in [5.74, 6) is -2.12. The summed E-state index contributed by atoms with van der Waals surface area (Å²) in [6.45, 7) is 2.22. The van der Waals surface area contributed by atoms with Gasteiger partial charge in [0, 0.05) is 0 Å². The van der Waals surface area contributed by atoms with E-state index in [0.29, 0.717) is 6.42 Å². The second-order valence-corrected chi connectivity index (χ2v) is 8.91. The summed E-state index contributed by atoms with van der Waals surface area (Å²) in [7, 11) is 8.60. The Hall–Kier alpha value is -1.14. The molecule has 2 atom stereocenters. The van der Waals surface area contributed by atoms with Crippen molar-refractivity contribution in [3.05, 3.63) is 0 Å². The standard InChI is InChI=1S/C21H42N2O4/c1-7-8-9-10-11-12-13-14-15-16-17-21(20(26)27,22(2)3)18(19(24)25)23(4,5)6/h18H,7-17H2,1-6H3,(H-,24,25,26,27)/p+1. The van der Waals surface area contributed by atoms with Crippen LogP contribution in [0.3, 0.4) is 0 Å². The molecule has 2 unspecified atom stereocenters. The zero-order chi connectivity index (χ0) is 21.1. The molecule has 2 N–H and O–H groups in total. The van der Waals surface area contributed by atoms with Crippen molar-refractivity contribution in [1.82, 2.24) is 4.90 Å². The van der Waals surface area contributed by atoms with E-state index in [1.807, 2.05) is 0 Å². The van der Waals surface area contributed by atoms with Gasteiger partial charge in [0.15, 0.2) is 5.54 Å². The van der Waals surface area contributed by atoms with E-state index in [-0.39, 0.29) is 4.48 Å². The van der Waals surface area contributed by atoms with Crippen molar-refractivity contribution in [2.45, 2.75) is 89.1 Å². The smallest absolute Gasteiger partial charge is 0.365 e. The van der Waals surface area contributed by atoms with Crippen LogP contribution in [0.2, 0.25) is 0 Å². The Balaban J connectivity index is 4.74. The number of quaternary nitrogens is 1. The first-order valence-corrected chi connectivity index (χ1v) is 10.5. The highest BCUT2D eigenvalue weighted by atomic mass is 16.4. The van der Waals surface area contributed by atoms with E-state index in [1.54, 1.807) is 40.1 Å². The second kappa shape index (κ2) is 12.3. The Morgan fingerprint density at radius 2 is 1.26 bits per heavy atom. The van der Waals surface area contributed by atoms with E-state index in [1.165, 1.54) is 44.9 Å². The Kier molecular flexibility index (Phi) is 11.8. The van der Waals surface area contributed by atoms with Gasteiger partial charge in [0.2, 0.25) is 6.04 Å². The summed E-state index contributed by atoms with van der Waals surface area (Å²) in [5.41, 5.74) is -1.41. The van der Waals surface area contributed by atoms with Crippen LogP contribution in [0.5, 0.6) is 0 Å². The number of likely N-dealkylation sites (N-methyl/N-ethyl adjacent to an activating group) is 2. The number of nitrogens with zero attached hydrogens (tertiary/aromatic N) is 2. The fraction of sp³-hybridized carbons (Fsp3) is 0.905. The number of unbranched alkanes of at least 4 members (excludes halogenated alkanes) is 9. The molecule has 0 bridgehead atoms. The molecule has 0 aliphatic heterocycles. The van der Waals surface area contributed by atoms with Crippen molar-refractivity contribution in [2.75, 3.05) is 35.2 Å². The lowest BCUT2D eigenvalue weighted by molar-refractivity contribution is -0.891. The fourth-order valence-electron chi connectivity index (χ4n) is 4.08. The van der Waals surface area contributed by atoms with Crippen LogP contribution in [0.25, 0.3) is 0 Å². The van der Waals surface area contributed by atoms with Gasteiger partial charge in [-0.25, -0.2) is 9.59 Å². The van der Waals surface area contributed by atoms with Gasteiger partial charge in [0.05, 0.1) is 21.1 Å². The van der Waals surface area contributed by atoms with Crippen molar-refractivity contribution in [3.63, 3.8) is 0 Å². The van der Waals surface area contributed by atoms with Crippen LogP contribution in [-0.4, -0.2) is 78.4 Å². The van der Waals surface area contributed by atoms with Crippen LogP contribution in [0, 0.1) is 0 Å². The number of rotatable bonds is 16. The van der Waals surface area contributed by atoms with E-state index in [2.05, 4.69) is 6.92 Å². The number of hydrogen-bond donors (Lipinski definition) is 2. The molecule has 160 valence electrons. The molecule has 27 heavy (non-hydrogen) atoms. The highest BCUT2D eigenvalue weighted by Crippen LogP contribution is 2.31. The predicted octanol–water partition coefficient (Wildman–Crippen LogP) is 3.84. The predicted molar refractivity (Wildman–Crippen MR) is 110 cm³/mol. The maximum atomic E-state index is 12.2. The SMILES string of the molecule is CCCCCCCCCCCCC(C(=O)O)(C(C(=O)O)[N+](C)(C)C)N(C)C. The van der Waals surface area contributed by atoms with E-state index in [9.17, 15) is 19.8 Å². The topological polar surface area (TPSA) is 77.8 Å². The van der Waals surface area contributed by atoms with Crippen molar-refractivity contribution in [3.8, 4) is 0 Å². The minimum atomic E-state index is -1.41. The molecular weight excluding hydrogens is 344 g/mol. The van der Waals surface area contributed by atoms with Gasteiger partial charge in [-0.3, -0.25) is 4.90 Å². The second-order valence-electron chi connectivity index (χ2n) is 8.91. The van der Waals surface area contributed by atoms with E-state index >= 15 is 0 Å². The molecule has 0 saturated heterocycles. The summed E-state index contributed by atoms with van der Waals surface area (Å²) in [6, 6.07) is -1.04. The Labute approximate surface area is 166 Å². The minimum absolute atomic E-state index is 0.0670. The lowest BCUT2D eigenvalue weighted by atomic mass is 9.81. The number of carboxylic acid groups (broad SMARTS) is 2. The highest BCUT2D eigenvalue weighted by Gasteiger charge is 2.58. The van der Waals surface area contributed by atoms with Crippen LogP contribution in [0.4, 0.5) is 0 Å². The first-order valence-electron chi connectivity index (χ1n) is 10.5. The van der Waals surface area contributed by atoms with Gasteiger partial charge in [0.1, 0.15) is 0 Å². The van der Waals surface area contributed by atoms with Crippen molar-refractivity contribution in [1.29, 1.82) is 0 Å². The van der Waals surface area contributed by atoms with Gasteiger partial charge >= 0.3 is 11.9 Å². The Bertz CT molecular complexity index is 446. The molecular formula is C21H43N2O4+. The molecule has 6 heteroatoms. The molecule has 0 fully saturated rings. The molecule has 0 aliphatic rings. The largest absolute Gasteiger partial charge is 0.480 e. The van der Waals surface area contributed by atoms with Crippen molar-refractivity contribution < 1.29 is 24.3 Å². The third-order valence-corrected chi connectivity index (χ3v) is 5.54. The molecule has 0 aromatic heterocycles. The minimum Gasteiger partial charge on any atom is -0.480 e. The Morgan fingerprint density at radius 1 is 0.852 bits per heavy atom. The van der Waals surface area contributed by atoms with E-state index in [0.717, 1.165) is 19.3 Å². The summed E-state index contributed by atoms with van der Waals surface area (Å²) in [5, 5.41) is 19.8. The van der Waals surface area contributed by atoms with Gasteiger partial charge < -0.3 is 14.7 Å². The van der Waals surface area contributed by atoms with Crippen LogP contribution < -0.4 is 0 Å². The third-order valence-electron chi connectivity index (χ3n) is 5.54. The fourth-order valence-corrected chi connectivity index (χ4v) is 4.08. The average molecular weight is 388 g/mol. The quantitative estimate of drug-likeness (QED) is 0.311. The van der Waals surface area contributed by atoms with E-state index < -0.39 is 23.5 Å². The number of hydrogen-bond acceptors (Lipinski definition) is 3. The number of carbonyl (C=O) groups is 2. The van der Waals surface area contributed by atoms with Gasteiger partial charge in [0.25, 0.3) is 0 Å². The van der Waals surface area contributed by atoms with Crippen molar-refractivity contribution >= 4 is 11.9 Å². The average Bonchev–Trinajstić information content (AvgIpc) is 2.53. The molecule has 0 amide bonds. The van der Waals surface area contributed by atoms with Gasteiger partial charge in [-0.15, -0.1) is 0 Å². The molecule has 0 heterocycles. The van der Waals surface area contributed by atoms with Gasteiger partial charge in [-0.05, 0) is 20.5 Å². The summed E-state index contributed by atoms with van der Waals surface area (Å²) < 4.78 is 0.0670. The summed E-state index contributed by atoms with van der Waals surface area (Å²) in [4.78, 5) is 25.8. The van der Waals surface area contributed by atoms with Crippen LogP contribution in [0.1, 0.15) is 77.6 Å². The lowest BCUT2D eigenvalue weighted by Gasteiger charge is -2.45. The molecule has 0 aromatic rings. The zero-order valence-electron chi connectivity index (χ0n) is 18.5. The lowest BCUT2D eigenvalue weighted by Crippen LogP contribution is -2.71. The monoisotopic (exact) mass is 387 g/mol. The Morgan fingerprint density at radius 3 is 1.56 bits per heavy atom. The maximum absolute atomic E-state index is 12.2. The molecule has 0 spiro atoms. The first kappa shape index (κ1) is 25.9. The highest BCUT2D eigenvalue weighted by molar-refractivity contribution is 5.88. The molecule has 0 radical (unpaired) electrons. The van der Waals surface area contributed by atoms with Crippen LogP contribution in [0.15, 0.2) is 0 Å². The van der Waals surface area contributed by atoms with Crippen LogP contribution >= 0.6 is 0 Å². The normalized spacial score (nSPS) is 15.5. The van der Waals surface area contributed by atoms with Crippen LogP contribution in [-0.2, 0) is 9.59 Å². The van der Waals surface area contributed by atoms with Gasteiger partial charge in [-0.2, -0.15) is 0 Å². The summed E-state index contributed by atoms with van der Waals surface area (Å²) in [6.07, 6.45) is 12.0. The molecule has 0 rings (SSSR count). The van der Waals surface area contributed by atoms with Crippen molar-refractivity contribution in [2.24, 2.45) is 0 Å². The molecule has 0 aromatic carbocycles. The van der Waals surface area contributed by atoms with E-state index in [4.69, 9.17) is 0 Å².